The second-order valence-electron chi connectivity index (χ2n) is 4.70. The van der Waals surface area contributed by atoms with E-state index in [4.69, 9.17) is 4.74 Å². The van der Waals surface area contributed by atoms with E-state index in [1.807, 2.05) is 24.3 Å². The Morgan fingerprint density at radius 3 is 2.95 bits per heavy atom. The predicted octanol–water partition coefficient (Wildman–Crippen LogP) is 0.932. The first kappa shape index (κ1) is 13.4. The summed E-state index contributed by atoms with van der Waals surface area (Å²) in [5, 5.41) is 2.69. The van der Waals surface area contributed by atoms with Crippen LogP contribution in [0.5, 0.6) is 5.75 Å². The average molecular weight is 262 g/mol. The highest BCUT2D eigenvalue weighted by Gasteiger charge is 2.29. The number of amides is 2. The van der Waals surface area contributed by atoms with Crippen LogP contribution in [-0.2, 0) is 16.1 Å². The number of nitrogens with one attached hydrogen (secondary N) is 1. The van der Waals surface area contributed by atoms with Gasteiger partial charge in [-0.25, -0.2) is 0 Å². The number of hydrogen-bond acceptors (Lipinski definition) is 3. The third-order valence-electron chi connectivity index (χ3n) is 3.22. The Bertz CT molecular complexity index is 487. The van der Waals surface area contributed by atoms with Gasteiger partial charge in [0.15, 0.2) is 0 Å². The van der Waals surface area contributed by atoms with Gasteiger partial charge in [0.2, 0.25) is 11.8 Å². The largest absolute Gasteiger partial charge is 0.497 e. The van der Waals surface area contributed by atoms with E-state index in [-0.39, 0.29) is 17.9 Å². The van der Waals surface area contributed by atoms with E-state index in [1.54, 1.807) is 19.1 Å². The summed E-state index contributed by atoms with van der Waals surface area (Å²) in [4.78, 5) is 24.9. The van der Waals surface area contributed by atoms with Crippen LogP contribution in [0.1, 0.15) is 18.4 Å². The molecule has 5 heteroatoms. The molecule has 1 atom stereocenters. The minimum atomic E-state index is -0.372. The summed E-state index contributed by atoms with van der Waals surface area (Å²) in [5.41, 5.74) is 1.000. The molecule has 1 N–H and O–H groups in total. The third kappa shape index (κ3) is 3.24. The van der Waals surface area contributed by atoms with Crippen LogP contribution in [0.25, 0.3) is 0 Å². The molecule has 1 aliphatic heterocycles. The molecule has 5 nitrogen and oxygen atoms in total. The van der Waals surface area contributed by atoms with Gasteiger partial charge in [0, 0.05) is 20.0 Å². The van der Waals surface area contributed by atoms with Gasteiger partial charge >= 0.3 is 0 Å². The van der Waals surface area contributed by atoms with E-state index in [2.05, 4.69) is 5.32 Å². The lowest BCUT2D eigenvalue weighted by Crippen LogP contribution is -2.42. The van der Waals surface area contributed by atoms with Crippen molar-refractivity contribution in [1.29, 1.82) is 0 Å². The molecule has 1 aliphatic rings. The van der Waals surface area contributed by atoms with E-state index in [9.17, 15) is 9.59 Å². The molecular weight excluding hydrogens is 244 g/mol. The first-order chi connectivity index (χ1) is 9.10. The second kappa shape index (κ2) is 5.73. The fourth-order valence-electron chi connectivity index (χ4n) is 2.19. The Balaban J connectivity index is 1.98. The summed E-state index contributed by atoms with van der Waals surface area (Å²) in [6, 6.07) is 7.23. The summed E-state index contributed by atoms with van der Waals surface area (Å²) in [5.74, 6) is 0.675. The van der Waals surface area contributed by atoms with Gasteiger partial charge in [-0.15, -0.1) is 0 Å². The molecule has 0 aliphatic carbocycles. The Morgan fingerprint density at radius 1 is 1.53 bits per heavy atom. The number of nitrogens with zero attached hydrogens (tertiary/aromatic N) is 1. The highest BCUT2D eigenvalue weighted by molar-refractivity contribution is 5.90. The Kier molecular flexibility index (Phi) is 4.04. The maximum absolute atomic E-state index is 12.1. The number of ether oxygens (including phenoxy) is 1. The molecule has 1 saturated heterocycles. The zero-order chi connectivity index (χ0) is 13.8. The number of methoxy groups -OCH3 is 1. The zero-order valence-electron chi connectivity index (χ0n) is 11.2. The van der Waals surface area contributed by atoms with Gasteiger partial charge < -0.3 is 15.0 Å². The monoisotopic (exact) mass is 262 g/mol. The fourth-order valence-corrected chi connectivity index (χ4v) is 2.19. The summed E-state index contributed by atoms with van der Waals surface area (Å²) in [7, 11) is 3.36. The van der Waals surface area contributed by atoms with Crippen LogP contribution < -0.4 is 10.1 Å². The molecule has 0 spiro atoms. The summed E-state index contributed by atoms with van der Waals surface area (Å²) >= 11 is 0. The van der Waals surface area contributed by atoms with Crippen molar-refractivity contribution in [3.8, 4) is 5.75 Å². The average Bonchev–Trinajstić information content (AvgIpc) is 2.84. The zero-order valence-corrected chi connectivity index (χ0v) is 11.2. The molecule has 1 heterocycles. The first-order valence-electron chi connectivity index (χ1n) is 6.27. The van der Waals surface area contributed by atoms with Crippen molar-refractivity contribution in [2.45, 2.75) is 25.4 Å². The van der Waals surface area contributed by atoms with Crippen LogP contribution >= 0.6 is 0 Å². The first-order valence-corrected chi connectivity index (χ1v) is 6.27. The minimum Gasteiger partial charge on any atom is -0.497 e. The Hall–Kier alpha value is -2.04. The number of carbonyl (C=O) groups is 2. The molecule has 2 rings (SSSR count). The molecule has 19 heavy (non-hydrogen) atoms. The van der Waals surface area contributed by atoms with Gasteiger partial charge in [0.1, 0.15) is 11.8 Å². The summed E-state index contributed by atoms with van der Waals surface area (Å²) < 4.78 is 5.15. The smallest absolute Gasteiger partial charge is 0.245 e. The molecule has 1 fully saturated rings. The van der Waals surface area contributed by atoms with E-state index in [0.717, 1.165) is 11.3 Å². The quantitative estimate of drug-likeness (QED) is 0.878. The van der Waals surface area contributed by atoms with Crippen molar-refractivity contribution in [2.24, 2.45) is 0 Å². The van der Waals surface area contributed by atoms with Gasteiger partial charge in [0.05, 0.1) is 7.11 Å². The summed E-state index contributed by atoms with van der Waals surface area (Å²) in [6.45, 7) is 0.502. The topological polar surface area (TPSA) is 58.6 Å². The van der Waals surface area contributed by atoms with Crippen LogP contribution in [0.3, 0.4) is 0 Å². The van der Waals surface area contributed by atoms with Gasteiger partial charge in [-0.2, -0.15) is 0 Å². The van der Waals surface area contributed by atoms with Crippen molar-refractivity contribution in [3.63, 3.8) is 0 Å². The molecule has 0 bridgehead atoms. The lowest BCUT2D eigenvalue weighted by molar-refractivity contribution is -0.133. The van der Waals surface area contributed by atoms with Crippen LogP contribution in [0.4, 0.5) is 0 Å². The van der Waals surface area contributed by atoms with Crippen molar-refractivity contribution in [3.05, 3.63) is 29.8 Å². The number of likely N-dealkylation sites (N-methyl/N-ethyl adjacent to an activating group) is 1. The van der Waals surface area contributed by atoms with Gasteiger partial charge in [0.25, 0.3) is 0 Å². The number of hydrogen-bond donors (Lipinski definition) is 1. The van der Waals surface area contributed by atoms with Gasteiger partial charge in [-0.1, -0.05) is 12.1 Å². The normalized spacial score (nSPS) is 18.0. The molecule has 2 amide bonds. The second-order valence-corrected chi connectivity index (χ2v) is 4.70. The molecular formula is C14H18N2O3. The van der Waals surface area contributed by atoms with Crippen LogP contribution in [0.2, 0.25) is 0 Å². The van der Waals surface area contributed by atoms with E-state index >= 15 is 0 Å². The third-order valence-corrected chi connectivity index (χ3v) is 3.22. The SMILES string of the molecule is COc1cccc(CN(C)C(=O)C2CCC(=O)N2)c1. The molecule has 1 unspecified atom stereocenters. The maximum atomic E-state index is 12.1. The van der Waals surface area contributed by atoms with E-state index in [1.165, 1.54) is 0 Å². The molecule has 1 aromatic rings. The molecule has 102 valence electrons. The lowest BCUT2D eigenvalue weighted by Gasteiger charge is -2.21. The Labute approximate surface area is 112 Å². The highest BCUT2D eigenvalue weighted by Crippen LogP contribution is 2.15. The number of carbonyl (C=O) groups excluding carboxylic acids is 2. The number of benzene rings is 1. The molecule has 0 saturated carbocycles. The van der Waals surface area contributed by atoms with E-state index < -0.39 is 0 Å². The van der Waals surface area contributed by atoms with Gasteiger partial charge in [-0.05, 0) is 24.1 Å². The van der Waals surface area contributed by atoms with Crippen LogP contribution in [0, 0.1) is 0 Å². The predicted molar refractivity (Wildman–Crippen MR) is 70.6 cm³/mol. The standard InChI is InChI=1S/C14H18N2O3/c1-16(14(18)12-6-7-13(17)15-12)9-10-4-3-5-11(8-10)19-2/h3-5,8,12H,6-7,9H2,1-2H3,(H,15,17). The lowest BCUT2D eigenvalue weighted by atomic mass is 10.1. The van der Waals surface area contributed by atoms with Gasteiger partial charge in [-0.3, -0.25) is 9.59 Å². The highest BCUT2D eigenvalue weighted by atomic mass is 16.5. The van der Waals surface area contributed by atoms with Crippen molar-refractivity contribution < 1.29 is 14.3 Å². The van der Waals surface area contributed by atoms with Crippen molar-refractivity contribution in [2.75, 3.05) is 14.2 Å². The van der Waals surface area contributed by atoms with Crippen molar-refractivity contribution in [1.82, 2.24) is 10.2 Å². The molecule has 0 radical (unpaired) electrons. The number of rotatable bonds is 4. The fraction of sp³-hybridized carbons (Fsp3) is 0.429. The molecule has 0 aromatic heterocycles. The summed E-state index contributed by atoms with van der Waals surface area (Å²) in [6.07, 6.45) is 1.02. The van der Waals surface area contributed by atoms with Crippen LogP contribution in [-0.4, -0.2) is 36.9 Å². The Morgan fingerprint density at radius 2 is 2.32 bits per heavy atom. The van der Waals surface area contributed by atoms with E-state index in [0.29, 0.717) is 19.4 Å². The molecule has 1 aromatic carbocycles. The van der Waals surface area contributed by atoms with Crippen LogP contribution in [0.15, 0.2) is 24.3 Å². The minimum absolute atomic E-state index is 0.0475. The maximum Gasteiger partial charge on any atom is 0.245 e. The van der Waals surface area contributed by atoms with Crippen molar-refractivity contribution >= 4 is 11.8 Å².